The summed E-state index contributed by atoms with van der Waals surface area (Å²) in [5.74, 6) is -0.0630. The molecule has 0 radical (unpaired) electrons. The van der Waals surface area contributed by atoms with Crippen molar-refractivity contribution in [3.63, 3.8) is 0 Å². The van der Waals surface area contributed by atoms with Gasteiger partial charge in [0.15, 0.2) is 0 Å². The SMILES string of the molecule is CCNc1ccc(C)cc1C(=O)NCCOC(C)C. The van der Waals surface area contributed by atoms with Crippen LogP contribution in [-0.4, -0.2) is 31.7 Å². The average Bonchev–Trinajstić information content (AvgIpc) is 2.36. The van der Waals surface area contributed by atoms with Crippen molar-refractivity contribution in [1.29, 1.82) is 0 Å². The smallest absolute Gasteiger partial charge is 0.253 e. The fraction of sp³-hybridized carbons (Fsp3) is 0.533. The predicted molar refractivity (Wildman–Crippen MR) is 78.8 cm³/mol. The molecule has 2 N–H and O–H groups in total. The lowest BCUT2D eigenvalue weighted by Gasteiger charge is -2.13. The molecular formula is C15H24N2O2. The molecule has 0 bridgehead atoms. The summed E-state index contributed by atoms with van der Waals surface area (Å²) in [7, 11) is 0. The monoisotopic (exact) mass is 264 g/mol. The average molecular weight is 264 g/mol. The molecule has 0 aliphatic carbocycles. The first-order valence-electron chi connectivity index (χ1n) is 6.79. The fourth-order valence-electron chi connectivity index (χ4n) is 1.74. The van der Waals surface area contributed by atoms with Crippen molar-refractivity contribution >= 4 is 11.6 Å². The van der Waals surface area contributed by atoms with E-state index in [0.717, 1.165) is 17.8 Å². The lowest BCUT2D eigenvalue weighted by Crippen LogP contribution is -2.28. The van der Waals surface area contributed by atoms with Crippen molar-refractivity contribution in [2.75, 3.05) is 25.0 Å². The van der Waals surface area contributed by atoms with E-state index in [-0.39, 0.29) is 12.0 Å². The van der Waals surface area contributed by atoms with Gasteiger partial charge in [-0.3, -0.25) is 4.79 Å². The van der Waals surface area contributed by atoms with Crippen LogP contribution in [0, 0.1) is 6.92 Å². The van der Waals surface area contributed by atoms with Crippen molar-refractivity contribution in [2.45, 2.75) is 33.8 Å². The van der Waals surface area contributed by atoms with Crippen molar-refractivity contribution in [3.05, 3.63) is 29.3 Å². The van der Waals surface area contributed by atoms with Gasteiger partial charge in [0.2, 0.25) is 0 Å². The minimum Gasteiger partial charge on any atom is -0.385 e. The van der Waals surface area contributed by atoms with Gasteiger partial charge in [0, 0.05) is 18.8 Å². The summed E-state index contributed by atoms with van der Waals surface area (Å²) in [5, 5.41) is 6.08. The maximum absolute atomic E-state index is 12.1. The lowest BCUT2D eigenvalue weighted by molar-refractivity contribution is 0.0747. The van der Waals surface area contributed by atoms with Crippen molar-refractivity contribution in [1.82, 2.24) is 5.32 Å². The van der Waals surface area contributed by atoms with Crippen LogP contribution in [0.15, 0.2) is 18.2 Å². The summed E-state index contributed by atoms with van der Waals surface area (Å²) in [6.45, 7) is 9.80. The standard InChI is InChI=1S/C15H24N2O2/c1-5-16-14-7-6-12(4)10-13(14)15(18)17-8-9-19-11(2)3/h6-7,10-11,16H,5,8-9H2,1-4H3,(H,17,18). The molecule has 106 valence electrons. The van der Waals surface area contributed by atoms with Crippen LogP contribution in [0.1, 0.15) is 36.7 Å². The summed E-state index contributed by atoms with van der Waals surface area (Å²) < 4.78 is 5.40. The van der Waals surface area contributed by atoms with Crippen molar-refractivity contribution < 1.29 is 9.53 Å². The van der Waals surface area contributed by atoms with Crippen LogP contribution in [0.2, 0.25) is 0 Å². The highest BCUT2D eigenvalue weighted by molar-refractivity contribution is 5.99. The van der Waals surface area contributed by atoms with Crippen LogP contribution in [0.4, 0.5) is 5.69 Å². The van der Waals surface area contributed by atoms with Gasteiger partial charge in [-0.25, -0.2) is 0 Å². The minimum atomic E-state index is -0.0630. The fourth-order valence-corrected chi connectivity index (χ4v) is 1.74. The number of rotatable bonds is 7. The molecule has 0 saturated heterocycles. The molecule has 0 saturated carbocycles. The zero-order valence-corrected chi connectivity index (χ0v) is 12.2. The molecule has 0 heterocycles. The number of hydrogen-bond donors (Lipinski definition) is 2. The third-order valence-electron chi connectivity index (χ3n) is 2.63. The molecule has 1 aromatic carbocycles. The van der Waals surface area contributed by atoms with E-state index in [2.05, 4.69) is 10.6 Å². The second-order valence-electron chi connectivity index (χ2n) is 4.75. The minimum absolute atomic E-state index is 0.0630. The normalized spacial score (nSPS) is 10.6. The van der Waals surface area contributed by atoms with E-state index >= 15 is 0 Å². The molecule has 4 heteroatoms. The van der Waals surface area contributed by atoms with E-state index in [1.54, 1.807) is 0 Å². The van der Waals surface area contributed by atoms with Crippen molar-refractivity contribution in [2.24, 2.45) is 0 Å². The van der Waals surface area contributed by atoms with E-state index in [4.69, 9.17) is 4.74 Å². The Labute approximate surface area is 115 Å². The molecule has 1 aromatic rings. The van der Waals surface area contributed by atoms with E-state index in [1.807, 2.05) is 45.9 Å². The Kier molecular flexibility index (Phi) is 6.36. The van der Waals surface area contributed by atoms with E-state index < -0.39 is 0 Å². The van der Waals surface area contributed by atoms with Gasteiger partial charge in [-0.1, -0.05) is 11.6 Å². The summed E-state index contributed by atoms with van der Waals surface area (Å²) in [4.78, 5) is 12.1. The van der Waals surface area contributed by atoms with Crippen LogP contribution in [0.5, 0.6) is 0 Å². The van der Waals surface area contributed by atoms with E-state index in [9.17, 15) is 4.79 Å². The molecule has 19 heavy (non-hydrogen) atoms. The summed E-state index contributed by atoms with van der Waals surface area (Å²) >= 11 is 0. The molecule has 0 spiro atoms. The number of ether oxygens (including phenoxy) is 1. The molecule has 0 aromatic heterocycles. The molecule has 1 rings (SSSR count). The third kappa shape index (κ3) is 5.30. The number of amides is 1. The molecular weight excluding hydrogens is 240 g/mol. The first kappa shape index (κ1) is 15.5. The molecule has 0 atom stereocenters. The number of aryl methyl sites for hydroxylation is 1. The van der Waals surface area contributed by atoms with Gasteiger partial charge in [-0.2, -0.15) is 0 Å². The topological polar surface area (TPSA) is 50.4 Å². The second-order valence-corrected chi connectivity index (χ2v) is 4.75. The first-order chi connectivity index (χ1) is 9.04. The van der Waals surface area contributed by atoms with Crippen LogP contribution in [0.3, 0.4) is 0 Å². The molecule has 0 aliphatic rings. The van der Waals surface area contributed by atoms with Gasteiger partial charge in [-0.05, 0) is 39.8 Å². The lowest BCUT2D eigenvalue weighted by atomic mass is 10.1. The highest BCUT2D eigenvalue weighted by Gasteiger charge is 2.10. The number of anilines is 1. The van der Waals surface area contributed by atoms with Gasteiger partial charge >= 0.3 is 0 Å². The maximum atomic E-state index is 12.1. The summed E-state index contributed by atoms with van der Waals surface area (Å²) in [5.41, 5.74) is 2.63. The highest BCUT2D eigenvalue weighted by Crippen LogP contribution is 2.17. The molecule has 0 aliphatic heterocycles. The Morgan fingerprint density at radius 1 is 1.37 bits per heavy atom. The number of hydrogen-bond acceptors (Lipinski definition) is 3. The first-order valence-corrected chi connectivity index (χ1v) is 6.79. The molecule has 1 amide bonds. The van der Waals surface area contributed by atoms with E-state index in [1.165, 1.54) is 0 Å². The van der Waals surface area contributed by atoms with Gasteiger partial charge in [0.1, 0.15) is 0 Å². The number of carbonyl (C=O) groups excluding carboxylic acids is 1. The number of nitrogens with one attached hydrogen (secondary N) is 2. The van der Waals surface area contributed by atoms with Crippen LogP contribution < -0.4 is 10.6 Å². The Bertz CT molecular complexity index is 417. The zero-order chi connectivity index (χ0) is 14.3. The van der Waals surface area contributed by atoms with Crippen LogP contribution in [-0.2, 0) is 4.74 Å². The Balaban J connectivity index is 2.62. The van der Waals surface area contributed by atoms with Crippen molar-refractivity contribution in [3.8, 4) is 0 Å². The Morgan fingerprint density at radius 3 is 2.74 bits per heavy atom. The Hall–Kier alpha value is -1.55. The van der Waals surface area contributed by atoms with Gasteiger partial charge in [0.05, 0.1) is 18.3 Å². The predicted octanol–water partition coefficient (Wildman–Crippen LogP) is 2.58. The summed E-state index contributed by atoms with van der Waals surface area (Å²) in [6.07, 6.45) is 0.188. The summed E-state index contributed by atoms with van der Waals surface area (Å²) in [6, 6.07) is 5.84. The molecule has 4 nitrogen and oxygen atoms in total. The van der Waals surface area contributed by atoms with Crippen LogP contribution in [0.25, 0.3) is 0 Å². The molecule has 0 fully saturated rings. The van der Waals surface area contributed by atoms with Crippen LogP contribution >= 0.6 is 0 Å². The second kappa shape index (κ2) is 7.79. The molecule has 0 unspecified atom stereocenters. The number of carbonyl (C=O) groups is 1. The quantitative estimate of drug-likeness (QED) is 0.744. The largest absolute Gasteiger partial charge is 0.385 e. The highest BCUT2D eigenvalue weighted by atomic mass is 16.5. The Morgan fingerprint density at radius 2 is 2.11 bits per heavy atom. The maximum Gasteiger partial charge on any atom is 0.253 e. The van der Waals surface area contributed by atoms with Gasteiger partial charge in [0.25, 0.3) is 5.91 Å². The van der Waals surface area contributed by atoms with Gasteiger partial charge in [-0.15, -0.1) is 0 Å². The van der Waals surface area contributed by atoms with Gasteiger partial charge < -0.3 is 15.4 Å². The number of benzene rings is 1. The zero-order valence-electron chi connectivity index (χ0n) is 12.2. The van der Waals surface area contributed by atoms with E-state index in [0.29, 0.717) is 18.7 Å². The third-order valence-corrected chi connectivity index (χ3v) is 2.63.